The number of likely N-dealkylation sites (tertiary alicyclic amines) is 1. The van der Waals surface area contributed by atoms with Crippen LogP contribution < -0.4 is 16.0 Å². The maximum absolute atomic E-state index is 13.7. The molecule has 1 saturated heterocycles. The van der Waals surface area contributed by atoms with Gasteiger partial charge in [-0.15, -0.1) is 0 Å². The Morgan fingerprint density at radius 1 is 1.00 bits per heavy atom. The van der Waals surface area contributed by atoms with Crippen LogP contribution in [0.1, 0.15) is 73.3 Å². The van der Waals surface area contributed by atoms with Crippen molar-refractivity contribution in [1.29, 1.82) is 0 Å². The number of benzene rings is 1. The van der Waals surface area contributed by atoms with Crippen molar-refractivity contribution in [1.82, 2.24) is 20.9 Å². The molecular weight excluding hydrogens is 564 g/mol. The fourth-order valence-electron chi connectivity index (χ4n) is 4.96. The molecule has 4 amide bonds. The Kier molecular flexibility index (Phi) is 13.9. The molecule has 1 heterocycles. The molecule has 0 aliphatic carbocycles. The van der Waals surface area contributed by atoms with Crippen LogP contribution in [-0.4, -0.2) is 77.6 Å². The number of amides is 4. The summed E-state index contributed by atoms with van der Waals surface area (Å²) >= 11 is 0. The summed E-state index contributed by atoms with van der Waals surface area (Å²) in [6.45, 7) is 16.6. The SMILES string of the molecule is C=CCOC(=O)[C@@H](CC(C)C)NC(=O)[C@@H](Cc1ccccc1)NC(=O)[C@@H]1CCCN1C(=O)[C@@H](NC(=O)OC(C)(C)C)C(C)C. The van der Waals surface area contributed by atoms with Gasteiger partial charge in [-0.1, -0.05) is 70.7 Å². The number of carbonyl (C=O) groups is 5. The fourth-order valence-corrected chi connectivity index (χ4v) is 4.96. The quantitative estimate of drug-likeness (QED) is 0.215. The highest BCUT2D eigenvalue weighted by Crippen LogP contribution is 2.21. The maximum atomic E-state index is 13.7. The second kappa shape index (κ2) is 16.8. The Labute approximate surface area is 261 Å². The summed E-state index contributed by atoms with van der Waals surface area (Å²) in [7, 11) is 0. The largest absolute Gasteiger partial charge is 0.460 e. The number of hydrogen-bond donors (Lipinski definition) is 3. The number of rotatable bonds is 14. The first-order valence-corrected chi connectivity index (χ1v) is 15.3. The minimum Gasteiger partial charge on any atom is -0.460 e. The van der Waals surface area contributed by atoms with E-state index in [1.807, 2.05) is 44.2 Å². The van der Waals surface area contributed by atoms with Crippen LogP contribution in [0.25, 0.3) is 0 Å². The molecule has 0 radical (unpaired) electrons. The van der Waals surface area contributed by atoms with Gasteiger partial charge in [-0.3, -0.25) is 14.4 Å². The summed E-state index contributed by atoms with van der Waals surface area (Å²) in [5, 5.41) is 8.29. The van der Waals surface area contributed by atoms with Crippen LogP contribution >= 0.6 is 0 Å². The number of hydrogen-bond acceptors (Lipinski definition) is 7. The van der Waals surface area contributed by atoms with Crippen molar-refractivity contribution >= 4 is 29.8 Å². The predicted octanol–water partition coefficient (Wildman–Crippen LogP) is 3.51. The number of alkyl carbamates (subject to hydrolysis) is 1. The second-order valence-corrected chi connectivity index (χ2v) is 12.9. The Balaban J connectivity index is 2.26. The smallest absolute Gasteiger partial charge is 0.408 e. The van der Waals surface area contributed by atoms with Gasteiger partial charge in [0.05, 0.1) is 0 Å². The third-order valence-corrected chi connectivity index (χ3v) is 7.01. The summed E-state index contributed by atoms with van der Waals surface area (Å²) in [5.74, 6) is -2.18. The van der Waals surface area contributed by atoms with E-state index in [1.54, 1.807) is 34.6 Å². The highest BCUT2D eigenvalue weighted by molar-refractivity contribution is 5.95. The molecule has 1 aliphatic rings. The van der Waals surface area contributed by atoms with E-state index in [-0.39, 0.29) is 24.9 Å². The van der Waals surface area contributed by atoms with Crippen LogP contribution in [-0.2, 0) is 35.1 Å². The van der Waals surface area contributed by atoms with Crippen LogP contribution in [0.5, 0.6) is 0 Å². The molecule has 44 heavy (non-hydrogen) atoms. The Bertz CT molecular complexity index is 1150. The average molecular weight is 615 g/mol. The van der Waals surface area contributed by atoms with Crippen LogP contribution in [0, 0.1) is 11.8 Å². The molecule has 3 N–H and O–H groups in total. The predicted molar refractivity (Wildman–Crippen MR) is 167 cm³/mol. The van der Waals surface area contributed by atoms with E-state index in [0.29, 0.717) is 25.8 Å². The minimum absolute atomic E-state index is 0.0131. The third kappa shape index (κ3) is 11.7. The van der Waals surface area contributed by atoms with Gasteiger partial charge in [-0.25, -0.2) is 9.59 Å². The third-order valence-electron chi connectivity index (χ3n) is 7.01. The zero-order chi connectivity index (χ0) is 33.0. The van der Waals surface area contributed by atoms with Gasteiger partial charge in [0.1, 0.15) is 36.4 Å². The highest BCUT2D eigenvalue weighted by Gasteiger charge is 2.40. The topological polar surface area (TPSA) is 143 Å². The maximum Gasteiger partial charge on any atom is 0.408 e. The first kappa shape index (κ1) is 36.3. The van der Waals surface area contributed by atoms with Crippen LogP contribution in [0.2, 0.25) is 0 Å². The van der Waals surface area contributed by atoms with Gasteiger partial charge in [0, 0.05) is 13.0 Å². The summed E-state index contributed by atoms with van der Waals surface area (Å²) < 4.78 is 10.6. The number of nitrogens with zero attached hydrogens (tertiary/aromatic N) is 1. The van der Waals surface area contributed by atoms with Crippen LogP contribution in [0.4, 0.5) is 4.79 Å². The molecule has 2 rings (SSSR count). The molecule has 0 bridgehead atoms. The fraction of sp³-hybridized carbons (Fsp3) is 0.606. The first-order chi connectivity index (χ1) is 20.6. The van der Waals surface area contributed by atoms with E-state index in [4.69, 9.17) is 9.47 Å². The van der Waals surface area contributed by atoms with Gasteiger partial charge in [0.2, 0.25) is 17.7 Å². The molecular formula is C33H50N4O7. The van der Waals surface area contributed by atoms with Crippen molar-refractivity contribution in [2.45, 2.75) is 104 Å². The monoisotopic (exact) mass is 614 g/mol. The zero-order valence-electron chi connectivity index (χ0n) is 27.2. The molecule has 244 valence electrons. The van der Waals surface area contributed by atoms with Crippen LogP contribution in [0.3, 0.4) is 0 Å². The van der Waals surface area contributed by atoms with Gasteiger partial charge in [-0.05, 0) is 57.4 Å². The summed E-state index contributed by atoms with van der Waals surface area (Å²) in [4.78, 5) is 67.7. The summed E-state index contributed by atoms with van der Waals surface area (Å²) in [6.07, 6.45) is 2.24. The summed E-state index contributed by atoms with van der Waals surface area (Å²) in [5.41, 5.74) is 0.0682. The van der Waals surface area contributed by atoms with Crippen molar-refractivity contribution in [3.63, 3.8) is 0 Å². The molecule has 0 unspecified atom stereocenters. The van der Waals surface area contributed by atoms with Crippen molar-refractivity contribution in [2.75, 3.05) is 13.2 Å². The van der Waals surface area contributed by atoms with Gasteiger partial charge in [0.25, 0.3) is 0 Å². The number of carbonyl (C=O) groups excluding carboxylic acids is 5. The van der Waals surface area contributed by atoms with E-state index >= 15 is 0 Å². The molecule has 0 aromatic heterocycles. The van der Waals surface area contributed by atoms with Crippen molar-refractivity contribution in [3.05, 3.63) is 48.6 Å². The van der Waals surface area contributed by atoms with Crippen molar-refractivity contribution < 1.29 is 33.4 Å². The van der Waals surface area contributed by atoms with Gasteiger partial charge in [0.15, 0.2) is 0 Å². The molecule has 1 aromatic rings. The summed E-state index contributed by atoms with van der Waals surface area (Å²) in [6, 6.07) is 5.54. The first-order valence-electron chi connectivity index (χ1n) is 15.3. The number of nitrogens with one attached hydrogen (secondary N) is 3. The average Bonchev–Trinajstić information content (AvgIpc) is 3.43. The van der Waals surface area contributed by atoms with Gasteiger partial charge in [-0.2, -0.15) is 0 Å². The van der Waals surface area contributed by atoms with E-state index in [1.165, 1.54) is 11.0 Å². The lowest BCUT2D eigenvalue weighted by molar-refractivity contribution is -0.147. The highest BCUT2D eigenvalue weighted by atomic mass is 16.6. The van der Waals surface area contributed by atoms with Gasteiger partial charge < -0.3 is 30.3 Å². The molecule has 11 heteroatoms. The standard InChI is InChI=1S/C33H50N4O7/c1-9-18-43-31(41)25(19-21(2)3)35-28(38)24(20-23-14-11-10-12-15-23)34-29(39)26-16-13-17-37(26)30(40)27(22(4)5)36-32(42)44-33(6,7)8/h9-12,14-15,21-22,24-27H,1,13,16-20H2,2-8H3,(H,34,39)(H,35,38)(H,36,42)/t24-,25-,26+,27+/m1/s1. The van der Waals surface area contributed by atoms with E-state index in [9.17, 15) is 24.0 Å². The Hall–Kier alpha value is -3.89. The van der Waals surface area contributed by atoms with Gasteiger partial charge >= 0.3 is 12.1 Å². The molecule has 0 saturated carbocycles. The minimum atomic E-state index is -1.02. The number of ether oxygens (including phenoxy) is 2. The molecule has 4 atom stereocenters. The lowest BCUT2D eigenvalue weighted by Crippen LogP contribution is -2.58. The van der Waals surface area contributed by atoms with E-state index in [2.05, 4.69) is 22.5 Å². The Morgan fingerprint density at radius 2 is 1.66 bits per heavy atom. The molecule has 0 spiro atoms. The second-order valence-electron chi connectivity index (χ2n) is 12.9. The normalized spacial score (nSPS) is 16.9. The number of esters is 1. The molecule has 1 aliphatic heterocycles. The lowest BCUT2D eigenvalue weighted by Gasteiger charge is -2.32. The Morgan fingerprint density at radius 3 is 2.23 bits per heavy atom. The van der Waals surface area contributed by atoms with Crippen molar-refractivity contribution in [2.24, 2.45) is 11.8 Å². The molecule has 1 fully saturated rings. The molecule has 11 nitrogen and oxygen atoms in total. The zero-order valence-corrected chi connectivity index (χ0v) is 27.2. The van der Waals surface area contributed by atoms with E-state index < -0.39 is 59.6 Å². The van der Waals surface area contributed by atoms with E-state index in [0.717, 1.165) is 5.56 Å². The van der Waals surface area contributed by atoms with Crippen molar-refractivity contribution in [3.8, 4) is 0 Å². The molecule has 1 aromatic carbocycles. The lowest BCUT2D eigenvalue weighted by atomic mass is 10.0. The van der Waals surface area contributed by atoms with Crippen LogP contribution in [0.15, 0.2) is 43.0 Å².